The topological polar surface area (TPSA) is 94.7 Å². The molecule has 150 valence electrons. The van der Waals surface area contributed by atoms with Gasteiger partial charge in [0.2, 0.25) is 0 Å². The van der Waals surface area contributed by atoms with Crippen LogP contribution in [0.1, 0.15) is 39.0 Å². The SMILES string of the molecule is Cc1nn(-c2ccccc2[NH+]([O-])O)c(C)c1C1C=CC(NC(=O)c2cccs2)C1. The maximum atomic E-state index is 12.3. The first kappa shape index (κ1) is 19.5. The fourth-order valence-corrected chi connectivity index (χ4v) is 4.56. The van der Waals surface area contributed by atoms with Crippen LogP contribution in [0.15, 0.2) is 53.9 Å². The minimum atomic E-state index is -0.980. The van der Waals surface area contributed by atoms with Crippen LogP contribution in [0, 0.1) is 19.1 Å². The molecule has 0 bridgehead atoms. The number of para-hydroxylation sites is 2. The number of benzene rings is 1. The van der Waals surface area contributed by atoms with E-state index in [0.29, 0.717) is 10.6 Å². The van der Waals surface area contributed by atoms with Crippen LogP contribution in [-0.2, 0) is 0 Å². The number of aromatic nitrogens is 2. The molecule has 3 N–H and O–H groups in total. The molecule has 0 fully saturated rings. The monoisotopic (exact) mass is 410 g/mol. The second-order valence-electron chi connectivity index (χ2n) is 7.10. The molecule has 3 atom stereocenters. The molecule has 2 aromatic heterocycles. The first-order valence-electron chi connectivity index (χ1n) is 9.37. The Kier molecular flexibility index (Phi) is 5.33. The lowest BCUT2D eigenvalue weighted by atomic mass is 9.96. The zero-order valence-corrected chi connectivity index (χ0v) is 16.9. The molecule has 0 spiro atoms. The average molecular weight is 410 g/mol. The Balaban J connectivity index is 1.57. The van der Waals surface area contributed by atoms with E-state index in [9.17, 15) is 15.2 Å². The number of carbonyl (C=O) groups is 1. The predicted molar refractivity (Wildman–Crippen MR) is 111 cm³/mol. The second kappa shape index (κ2) is 7.92. The third kappa shape index (κ3) is 3.75. The number of nitrogens with zero attached hydrogens (tertiary/aromatic N) is 2. The van der Waals surface area contributed by atoms with Crippen LogP contribution in [0.5, 0.6) is 0 Å². The van der Waals surface area contributed by atoms with Crippen LogP contribution in [0.25, 0.3) is 5.69 Å². The summed E-state index contributed by atoms with van der Waals surface area (Å²) in [5, 5.41) is 29.7. The normalized spacial score (nSPS) is 19.4. The lowest BCUT2D eigenvalue weighted by Gasteiger charge is -2.17. The van der Waals surface area contributed by atoms with Gasteiger partial charge in [0.05, 0.1) is 10.6 Å². The molecule has 0 aliphatic heterocycles. The molecule has 29 heavy (non-hydrogen) atoms. The summed E-state index contributed by atoms with van der Waals surface area (Å²) in [4.78, 5) is 13.0. The van der Waals surface area contributed by atoms with Crippen LogP contribution in [0.4, 0.5) is 5.69 Å². The highest BCUT2D eigenvalue weighted by atomic mass is 32.1. The van der Waals surface area contributed by atoms with E-state index in [2.05, 4.69) is 16.5 Å². The second-order valence-corrected chi connectivity index (χ2v) is 8.05. The van der Waals surface area contributed by atoms with Crippen LogP contribution < -0.4 is 10.5 Å². The summed E-state index contributed by atoms with van der Waals surface area (Å²) in [5.74, 6) is 0.0594. The van der Waals surface area contributed by atoms with Crippen molar-refractivity contribution in [1.82, 2.24) is 15.1 Å². The number of amides is 1. The first-order chi connectivity index (χ1) is 14.0. The highest BCUT2D eigenvalue weighted by Gasteiger charge is 2.28. The summed E-state index contributed by atoms with van der Waals surface area (Å²) in [6.07, 6.45) is 4.88. The molecule has 1 amide bonds. The molecule has 0 saturated heterocycles. The lowest BCUT2D eigenvalue weighted by Crippen LogP contribution is -2.99. The molecule has 1 aromatic carbocycles. The zero-order valence-electron chi connectivity index (χ0n) is 16.1. The molecule has 1 aliphatic rings. The summed E-state index contributed by atoms with van der Waals surface area (Å²) >= 11 is 1.42. The van der Waals surface area contributed by atoms with Crippen molar-refractivity contribution in [3.63, 3.8) is 0 Å². The van der Waals surface area contributed by atoms with Crippen molar-refractivity contribution in [2.75, 3.05) is 0 Å². The van der Waals surface area contributed by atoms with Crippen LogP contribution in [0.3, 0.4) is 0 Å². The smallest absolute Gasteiger partial charge is 0.261 e. The van der Waals surface area contributed by atoms with Crippen molar-refractivity contribution in [3.8, 4) is 5.69 Å². The van der Waals surface area contributed by atoms with E-state index in [0.717, 1.165) is 23.4 Å². The highest BCUT2D eigenvalue weighted by molar-refractivity contribution is 7.12. The van der Waals surface area contributed by atoms with Crippen LogP contribution in [0.2, 0.25) is 0 Å². The Morgan fingerprint density at radius 1 is 1.28 bits per heavy atom. The van der Waals surface area contributed by atoms with E-state index >= 15 is 0 Å². The van der Waals surface area contributed by atoms with E-state index in [4.69, 9.17) is 0 Å². The quantitative estimate of drug-likeness (QED) is 0.445. The van der Waals surface area contributed by atoms with Crippen LogP contribution in [-0.4, -0.2) is 26.9 Å². The molecule has 1 aliphatic carbocycles. The van der Waals surface area contributed by atoms with Gasteiger partial charge >= 0.3 is 0 Å². The molecular formula is C21H22N4O3S. The highest BCUT2D eigenvalue weighted by Crippen LogP contribution is 2.34. The number of nitrogens with one attached hydrogen (secondary N) is 2. The van der Waals surface area contributed by atoms with Gasteiger partial charge < -0.3 is 10.5 Å². The third-order valence-electron chi connectivity index (χ3n) is 5.23. The van der Waals surface area contributed by atoms with Gasteiger partial charge in [-0.2, -0.15) is 10.3 Å². The number of hydrogen-bond donors (Lipinski definition) is 3. The van der Waals surface area contributed by atoms with Gasteiger partial charge in [0, 0.05) is 29.3 Å². The Bertz CT molecular complexity index is 1060. The molecule has 4 rings (SSSR count). The zero-order chi connectivity index (χ0) is 20.5. The van der Waals surface area contributed by atoms with E-state index < -0.39 is 5.23 Å². The Morgan fingerprint density at radius 2 is 2.07 bits per heavy atom. The summed E-state index contributed by atoms with van der Waals surface area (Å²) in [7, 11) is 0. The molecule has 2 heterocycles. The van der Waals surface area contributed by atoms with E-state index in [1.54, 1.807) is 22.9 Å². The number of hydrogen-bond acceptors (Lipinski definition) is 5. The Labute approximate surface area is 172 Å². The number of aryl methyl sites for hydroxylation is 1. The Hall–Kier alpha value is -2.78. The van der Waals surface area contributed by atoms with Gasteiger partial charge in [-0.1, -0.05) is 30.4 Å². The van der Waals surface area contributed by atoms with Gasteiger partial charge in [-0.3, -0.25) is 4.79 Å². The summed E-state index contributed by atoms with van der Waals surface area (Å²) in [6, 6.07) is 10.5. The summed E-state index contributed by atoms with van der Waals surface area (Å²) in [6.45, 7) is 3.90. The fraction of sp³-hybridized carbons (Fsp3) is 0.238. The van der Waals surface area contributed by atoms with Crippen molar-refractivity contribution < 1.29 is 15.2 Å². The van der Waals surface area contributed by atoms with Crippen molar-refractivity contribution >= 4 is 22.9 Å². The predicted octanol–water partition coefficient (Wildman–Crippen LogP) is 2.80. The lowest BCUT2D eigenvalue weighted by molar-refractivity contribution is -0.991. The summed E-state index contributed by atoms with van der Waals surface area (Å²) in [5.41, 5.74) is 3.62. The first-order valence-corrected chi connectivity index (χ1v) is 10.2. The molecule has 3 unspecified atom stereocenters. The van der Waals surface area contributed by atoms with E-state index in [-0.39, 0.29) is 23.6 Å². The van der Waals surface area contributed by atoms with Crippen molar-refractivity contribution in [2.45, 2.75) is 32.2 Å². The molecule has 0 radical (unpaired) electrons. The van der Waals surface area contributed by atoms with Gasteiger partial charge in [0.1, 0.15) is 5.69 Å². The van der Waals surface area contributed by atoms with Gasteiger partial charge in [0.25, 0.3) is 5.91 Å². The number of rotatable bonds is 5. The third-order valence-corrected chi connectivity index (χ3v) is 6.09. The number of carbonyl (C=O) groups excluding carboxylic acids is 1. The Morgan fingerprint density at radius 3 is 2.79 bits per heavy atom. The maximum absolute atomic E-state index is 12.3. The van der Waals surface area contributed by atoms with Crippen LogP contribution >= 0.6 is 11.3 Å². The van der Waals surface area contributed by atoms with E-state index in [1.807, 2.05) is 43.5 Å². The largest absolute Gasteiger partial charge is 0.595 e. The van der Waals surface area contributed by atoms with E-state index in [1.165, 1.54) is 11.3 Å². The number of quaternary nitrogens is 1. The summed E-state index contributed by atoms with van der Waals surface area (Å²) < 4.78 is 1.71. The fourth-order valence-electron chi connectivity index (χ4n) is 3.93. The van der Waals surface area contributed by atoms with Crippen molar-refractivity contribution in [3.05, 3.63) is 81.0 Å². The van der Waals surface area contributed by atoms with Crippen molar-refractivity contribution in [1.29, 1.82) is 0 Å². The van der Waals surface area contributed by atoms with Gasteiger partial charge in [-0.05, 0) is 37.8 Å². The molecule has 0 saturated carbocycles. The van der Waals surface area contributed by atoms with Gasteiger partial charge in [-0.15, -0.1) is 11.3 Å². The minimum absolute atomic E-state index is 0.0388. The maximum Gasteiger partial charge on any atom is 0.261 e. The van der Waals surface area contributed by atoms with Crippen molar-refractivity contribution in [2.24, 2.45) is 0 Å². The minimum Gasteiger partial charge on any atom is -0.595 e. The molecule has 8 heteroatoms. The average Bonchev–Trinajstić information content (AvgIpc) is 3.43. The van der Waals surface area contributed by atoms with Gasteiger partial charge in [0.15, 0.2) is 5.69 Å². The number of allylic oxidation sites excluding steroid dienone is 1. The molecular weight excluding hydrogens is 388 g/mol. The van der Waals surface area contributed by atoms with Gasteiger partial charge in [-0.25, -0.2) is 9.89 Å². The standard InChI is InChI=1S/C21H22N4O3S/c1-13-20(14(2)24(23-13)17-6-3-4-7-18(17)25(27)28)15-9-10-16(12-15)22-21(26)19-8-5-11-29-19/h3-11,15-16,25,27H,12H2,1-2H3,(H,22,26). The molecule has 3 aromatic rings. The molecule has 7 nitrogen and oxygen atoms in total. The number of thiophene rings is 1.